The summed E-state index contributed by atoms with van der Waals surface area (Å²) in [6, 6.07) is 0. The Labute approximate surface area is 85.9 Å². The SMILES string of the molecule is CC(C)(C)S(=O)(=O)CCC(CO)CO. The molecule has 86 valence electrons. The normalized spacial score (nSPS) is 13.6. The Hall–Kier alpha value is -0.130. The number of hydrogen-bond acceptors (Lipinski definition) is 4. The van der Waals surface area contributed by atoms with Gasteiger partial charge in [-0.2, -0.15) is 0 Å². The van der Waals surface area contributed by atoms with Crippen LogP contribution in [0.3, 0.4) is 0 Å². The van der Waals surface area contributed by atoms with Crippen molar-refractivity contribution in [1.82, 2.24) is 0 Å². The first kappa shape index (κ1) is 13.9. The molecular weight excluding hydrogens is 204 g/mol. The maximum Gasteiger partial charge on any atom is 0.155 e. The molecule has 0 amide bonds. The van der Waals surface area contributed by atoms with Crippen LogP contribution in [0.4, 0.5) is 0 Å². The summed E-state index contributed by atoms with van der Waals surface area (Å²) in [5, 5.41) is 17.5. The molecule has 0 rings (SSSR count). The van der Waals surface area contributed by atoms with Crippen LogP contribution in [0.25, 0.3) is 0 Å². The van der Waals surface area contributed by atoms with Gasteiger partial charge < -0.3 is 10.2 Å². The Morgan fingerprint density at radius 2 is 1.57 bits per heavy atom. The maximum absolute atomic E-state index is 11.6. The molecule has 0 atom stereocenters. The van der Waals surface area contributed by atoms with Crippen molar-refractivity contribution in [3.8, 4) is 0 Å². The van der Waals surface area contributed by atoms with Gasteiger partial charge in [-0.25, -0.2) is 8.42 Å². The topological polar surface area (TPSA) is 74.6 Å². The van der Waals surface area contributed by atoms with E-state index in [1.807, 2.05) is 0 Å². The molecule has 0 fully saturated rings. The first-order chi connectivity index (χ1) is 6.24. The second-order valence-electron chi connectivity index (χ2n) is 4.45. The highest BCUT2D eigenvalue weighted by molar-refractivity contribution is 7.92. The zero-order valence-corrected chi connectivity index (χ0v) is 9.84. The maximum atomic E-state index is 11.6. The molecule has 2 N–H and O–H groups in total. The van der Waals surface area contributed by atoms with E-state index in [-0.39, 0.29) is 24.9 Å². The molecule has 0 aromatic rings. The van der Waals surface area contributed by atoms with E-state index in [4.69, 9.17) is 10.2 Å². The Bertz CT molecular complexity index is 246. The van der Waals surface area contributed by atoms with Crippen molar-refractivity contribution in [2.45, 2.75) is 31.9 Å². The van der Waals surface area contributed by atoms with Crippen molar-refractivity contribution >= 4 is 9.84 Å². The highest BCUT2D eigenvalue weighted by Crippen LogP contribution is 2.18. The lowest BCUT2D eigenvalue weighted by Gasteiger charge is -2.20. The van der Waals surface area contributed by atoms with Gasteiger partial charge in [0.2, 0.25) is 0 Å². The quantitative estimate of drug-likeness (QED) is 0.699. The molecule has 4 nitrogen and oxygen atoms in total. The van der Waals surface area contributed by atoms with Crippen LogP contribution in [0.15, 0.2) is 0 Å². The molecule has 0 saturated carbocycles. The van der Waals surface area contributed by atoms with Gasteiger partial charge in [0, 0.05) is 19.1 Å². The second-order valence-corrected chi connectivity index (χ2v) is 7.31. The van der Waals surface area contributed by atoms with Crippen molar-refractivity contribution in [1.29, 1.82) is 0 Å². The molecule has 0 aromatic heterocycles. The van der Waals surface area contributed by atoms with Gasteiger partial charge in [-0.05, 0) is 27.2 Å². The first-order valence-corrected chi connectivity index (χ1v) is 6.34. The molecule has 0 aliphatic heterocycles. The molecule has 0 heterocycles. The summed E-state index contributed by atoms with van der Waals surface area (Å²) in [5.41, 5.74) is 0. The number of rotatable bonds is 5. The van der Waals surface area contributed by atoms with Crippen LogP contribution in [0, 0.1) is 5.92 Å². The molecule has 0 bridgehead atoms. The predicted molar refractivity (Wildman–Crippen MR) is 55.8 cm³/mol. The van der Waals surface area contributed by atoms with Gasteiger partial charge in [0.1, 0.15) is 0 Å². The Kier molecular flexibility index (Phi) is 5.05. The van der Waals surface area contributed by atoms with E-state index >= 15 is 0 Å². The van der Waals surface area contributed by atoms with Gasteiger partial charge in [0.05, 0.1) is 10.5 Å². The van der Waals surface area contributed by atoms with Crippen molar-refractivity contribution in [3.63, 3.8) is 0 Å². The van der Waals surface area contributed by atoms with E-state index in [2.05, 4.69) is 0 Å². The fourth-order valence-corrected chi connectivity index (χ4v) is 2.12. The third kappa shape index (κ3) is 3.94. The minimum Gasteiger partial charge on any atom is -0.396 e. The number of sulfone groups is 1. The average Bonchev–Trinajstić information content (AvgIpc) is 2.04. The smallest absolute Gasteiger partial charge is 0.155 e. The van der Waals surface area contributed by atoms with Gasteiger partial charge >= 0.3 is 0 Å². The monoisotopic (exact) mass is 224 g/mol. The highest BCUT2D eigenvalue weighted by Gasteiger charge is 2.29. The zero-order chi connectivity index (χ0) is 11.4. The summed E-state index contributed by atoms with van der Waals surface area (Å²) in [4.78, 5) is 0. The second kappa shape index (κ2) is 5.09. The van der Waals surface area contributed by atoms with Crippen molar-refractivity contribution in [2.75, 3.05) is 19.0 Å². The predicted octanol–water partition coefficient (Wildman–Crippen LogP) is 0.191. The number of hydrogen-bond donors (Lipinski definition) is 2. The van der Waals surface area contributed by atoms with Crippen LogP contribution in [-0.2, 0) is 9.84 Å². The van der Waals surface area contributed by atoms with Crippen molar-refractivity contribution in [3.05, 3.63) is 0 Å². The minimum absolute atomic E-state index is 0.0162. The lowest BCUT2D eigenvalue weighted by atomic mass is 10.1. The third-order valence-electron chi connectivity index (χ3n) is 2.24. The van der Waals surface area contributed by atoms with Crippen LogP contribution in [-0.4, -0.2) is 42.3 Å². The summed E-state index contributed by atoms with van der Waals surface area (Å²) in [5.74, 6) is -0.311. The largest absolute Gasteiger partial charge is 0.396 e. The third-order valence-corrected chi connectivity index (χ3v) is 4.88. The van der Waals surface area contributed by atoms with Crippen molar-refractivity contribution in [2.24, 2.45) is 5.92 Å². The molecule has 0 aromatic carbocycles. The molecular formula is C9H20O4S. The zero-order valence-electron chi connectivity index (χ0n) is 9.02. The number of aliphatic hydroxyl groups excluding tert-OH is 2. The van der Waals surface area contributed by atoms with E-state index in [1.165, 1.54) is 0 Å². The van der Waals surface area contributed by atoms with Gasteiger partial charge in [-0.3, -0.25) is 0 Å². The fourth-order valence-electron chi connectivity index (χ4n) is 0.868. The number of aliphatic hydroxyl groups is 2. The van der Waals surface area contributed by atoms with Gasteiger partial charge in [-0.1, -0.05) is 0 Å². The average molecular weight is 224 g/mol. The Morgan fingerprint density at radius 1 is 1.14 bits per heavy atom. The van der Waals surface area contributed by atoms with E-state index < -0.39 is 14.6 Å². The molecule has 0 aliphatic rings. The van der Waals surface area contributed by atoms with Crippen LogP contribution in [0.2, 0.25) is 0 Å². The summed E-state index contributed by atoms with van der Waals surface area (Å²) >= 11 is 0. The summed E-state index contributed by atoms with van der Waals surface area (Å²) < 4.78 is 22.5. The fraction of sp³-hybridized carbons (Fsp3) is 1.00. The van der Waals surface area contributed by atoms with Gasteiger partial charge in [0.25, 0.3) is 0 Å². The molecule has 0 radical (unpaired) electrons. The van der Waals surface area contributed by atoms with Crippen LogP contribution in [0.5, 0.6) is 0 Å². The Morgan fingerprint density at radius 3 is 1.86 bits per heavy atom. The van der Waals surface area contributed by atoms with E-state index in [0.29, 0.717) is 6.42 Å². The van der Waals surface area contributed by atoms with Gasteiger partial charge in [0.15, 0.2) is 9.84 Å². The van der Waals surface area contributed by atoms with E-state index in [1.54, 1.807) is 20.8 Å². The summed E-state index contributed by atoms with van der Waals surface area (Å²) in [7, 11) is -3.14. The molecule has 0 unspecified atom stereocenters. The standard InChI is InChI=1S/C9H20O4S/c1-9(2,3)14(12,13)5-4-8(6-10)7-11/h8,10-11H,4-7H2,1-3H3. The van der Waals surface area contributed by atoms with Crippen molar-refractivity contribution < 1.29 is 18.6 Å². The van der Waals surface area contributed by atoms with E-state index in [0.717, 1.165) is 0 Å². The minimum atomic E-state index is -3.14. The lowest BCUT2D eigenvalue weighted by Crippen LogP contribution is -2.31. The summed E-state index contributed by atoms with van der Waals surface area (Å²) in [6.07, 6.45) is 0.312. The molecule has 14 heavy (non-hydrogen) atoms. The Balaban J connectivity index is 4.27. The van der Waals surface area contributed by atoms with Crippen LogP contribution in [0.1, 0.15) is 27.2 Å². The van der Waals surface area contributed by atoms with Crippen LogP contribution >= 0.6 is 0 Å². The molecule has 0 spiro atoms. The van der Waals surface area contributed by atoms with Gasteiger partial charge in [-0.15, -0.1) is 0 Å². The first-order valence-electron chi connectivity index (χ1n) is 4.68. The molecule has 5 heteroatoms. The molecule has 0 aliphatic carbocycles. The summed E-state index contributed by atoms with van der Waals surface area (Å²) in [6.45, 7) is 4.60. The van der Waals surface area contributed by atoms with E-state index in [9.17, 15) is 8.42 Å². The van der Waals surface area contributed by atoms with Crippen LogP contribution < -0.4 is 0 Å². The molecule has 0 saturated heterocycles. The lowest BCUT2D eigenvalue weighted by molar-refractivity contribution is 0.148. The highest BCUT2D eigenvalue weighted by atomic mass is 32.2.